The normalized spacial score (nSPS) is 15.7. The van der Waals surface area contributed by atoms with Gasteiger partial charge in [-0.1, -0.05) is 0 Å². The summed E-state index contributed by atoms with van der Waals surface area (Å²) >= 11 is 1.90. The molecule has 14 heavy (non-hydrogen) atoms. The molecule has 0 aromatic heterocycles. The fraction of sp³-hybridized carbons (Fsp3) is 0.300. The van der Waals surface area contributed by atoms with Crippen LogP contribution in [0.4, 0.5) is 10.1 Å². The fourth-order valence-corrected chi connectivity index (χ4v) is 2.00. The number of anilines is 1. The summed E-state index contributed by atoms with van der Waals surface area (Å²) in [7, 11) is 0. The van der Waals surface area contributed by atoms with E-state index in [1.165, 1.54) is 6.07 Å². The number of fused-ring (bicyclic) bond motifs is 1. The van der Waals surface area contributed by atoms with Crippen molar-refractivity contribution in [3.8, 4) is 0 Å². The summed E-state index contributed by atoms with van der Waals surface area (Å²) in [6, 6.07) is 3.02. The minimum atomic E-state index is -0.272. The van der Waals surface area contributed by atoms with E-state index in [0.29, 0.717) is 21.2 Å². The lowest BCUT2D eigenvalue weighted by molar-refractivity contribution is 0.0983. The van der Waals surface area contributed by atoms with E-state index in [1.807, 2.05) is 22.6 Å². The molecule has 74 valence electrons. The second-order valence-electron chi connectivity index (χ2n) is 3.27. The Balaban J connectivity index is 2.54. The summed E-state index contributed by atoms with van der Waals surface area (Å²) in [4.78, 5) is 11.6. The first kappa shape index (κ1) is 9.89. The third kappa shape index (κ3) is 1.75. The smallest absolute Gasteiger partial charge is 0.165 e. The quantitative estimate of drug-likeness (QED) is 0.747. The number of ketones is 1. The van der Waals surface area contributed by atoms with Crippen LogP contribution in [0.25, 0.3) is 0 Å². The molecule has 4 heteroatoms. The van der Waals surface area contributed by atoms with Crippen molar-refractivity contribution in [2.45, 2.75) is 12.8 Å². The first-order valence-electron chi connectivity index (χ1n) is 4.44. The van der Waals surface area contributed by atoms with E-state index in [0.717, 1.165) is 13.0 Å². The standard InChI is InChI=1S/C10H9FINO/c11-7-5-9-6(4-8(7)12)10(14)2-1-3-13-9/h4-5,13H,1-3H2. The van der Waals surface area contributed by atoms with Crippen molar-refractivity contribution >= 4 is 34.1 Å². The molecule has 1 aromatic rings. The van der Waals surface area contributed by atoms with Gasteiger partial charge >= 0.3 is 0 Å². The Bertz CT molecular complexity index is 392. The lowest BCUT2D eigenvalue weighted by Gasteiger charge is -2.07. The average Bonchev–Trinajstić information content (AvgIpc) is 2.31. The van der Waals surface area contributed by atoms with Crippen LogP contribution in [-0.2, 0) is 0 Å². The van der Waals surface area contributed by atoms with Crippen LogP contribution in [-0.4, -0.2) is 12.3 Å². The molecule has 0 amide bonds. The Labute approximate surface area is 95.0 Å². The molecule has 0 saturated heterocycles. The van der Waals surface area contributed by atoms with Gasteiger partial charge in [-0.2, -0.15) is 0 Å². The number of Topliss-reactive ketones (excluding diaryl/α,β-unsaturated/α-hetero) is 1. The zero-order valence-corrected chi connectivity index (χ0v) is 9.60. The number of carbonyl (C=O) groups excluding carboxylic acids is 1. The third-order valence-corrected chi connectivity index (χ3v) is 3.08. The Morgan fingerprint density at radius 2 is 2.21 bits per heavy atom. The van der Waals surface area contributed by atoms with Gasteiger partial charge in [-0.25, -0.2) is 4.39 Å². The van der Waals surface area contributed by atoms with Gasteiger partial charge in [0.15, 0.2) is 5.78 Å². The molecule has 0 atom stereocenters. The first-order valence-corrected chi connectivity index (χ1v) is 5.52. The first-order chi connectivity index (χ1) is 6.68. The zero-order chi connectivity index (χ0) is 10.1. The van der Waals surface area contributed by atoms with Crippen molar-refractivity contribution in [2.75, 3.05) is 11.9 Å². The predicted octanol–water partition coefficient (Wildman–Crippen LogP) is 2.82. The molecule has 1 aromatic carbocycles. The average molecular weight is 305 g/mol. The number of rotatable bonds is 0. The number of halogens is 2. The molecule has 1 N–H and O–H groups in total. The van der Waals surface area contributed by atoms with E-state index in [1.54, 1.807) is 6.07 Å². The Morgan fingerprint density at radius 1 is 1.43 bits per heavy atom. The highest BCUT2D eigenvalue weighted by Crippen LogP contribution is 2.25. The van der Waals surface area contributed by atoms with Crippen LogP contribution in [0, 0.1) is 9.39 Å². The van der Waals surface area contributed by atoms with Gasteiger partial charge < -0.3 is 5.32 Å². The van der Waals surface area contributed by atoms with Crippen LogP contribution in [0.2, 0.25) is 0 Å². The molecule has 1 aliphatic heterocycles. The van der Waals surface area contributed by atoms with Crippen LogP contribution in [0.5, 0.6) is 0 Å². The monoisotopic (exact) mass is 305 g/mol. The Morgan fingerprint density at radius 3 is 3.00 bits per heavy atom. The number of hydrogen-bond donors (Lipinski definition) is 1. The third-order valence-electron chi connectivity index (χ3n) is 2.26. The predicted molar refractivity (Wildman–Crippen MR) is 61.2 cm³/mol. The number of nitrogens with one attached hydrogen (secondary N) is 1. The van der Waals surface area contributed by atoms with Gasteiger partial charge in [-0.15, -0.1) is 0 Å². The summed E-state index contributed by atoms with van der Waals surface area (Å²) in [5.74, 6) is -0.172. The Kier molecular flexibility index (Phi) is 2.71. The molecule has 0 fully saturated rings. The lowest BCUT2D eigenvalue weighted by atomic mass is 10.1. The van der Waals surface area contributed by atoms with Gasteiger partial charge in [0.2, 0.25) is 0 Å². The van der Waals surface area contributed by atoms with Gasteiger partial charge in [0, 0.05) is 27.8 Å². The van der Waals surface area contributed by atoms with Gasteiger partial charge in [-0.05, 0) is 41.1 Å². The van der Waals surface area contributed by atoms with Crippen molar-refractivity contribution in [2.24, 2.45) is 0 Å². The molecular formula is C10H9FINO. The minimum Gasteiger partial charge on any atom is -0.384 e. The largest absolute Gasteiger partial charge is 0.384 e. The zero-order valence-electron chi connectivity index (χ0n) is 7.44. The van der Waals surface area contributed by atoms with Crippen molar-refractivity contribution in [1.29, 1.82) is 0 Å². The maximum absolute atomic E-state index is 13.2. The van der Waals surface area contributed by atoms with Gasteiger partial charge in [0.1, 0.15) is 5.82 Å². The highest BCUT2D eigenvalue weighted by atomic mass is 127. The van der Waals surface area contributed by atoms with Crippen LogP contribution >= 0.6 is 22.6 Å². The SMILES string of the molecule is O=C1CCCNc2cc(F)c(I)cc21. The molecule has 0 bridgehead atoms. The van der Waals surface area contributed by atoms with Crippen molar-refractivity contribution in [3.05, 3.63) is 27.1 Å². The van der Waals surface area contributed by atoms with E-state index in [9.17, 15) is 9.18 Å². The molecule has 2 nitrogen and oxygen atoms in total. The van der Waals surface area contributed by atoms with Crippen molar-refractivity contribution in [3.63, 3.8) is 0 Å². The van der Waals surface area contributed by atoms with Crippen molar-refractivity contribution in [1.82, 2.24) is 0 Å². The lowest BCUT2D eigenvalue weighted by Crippen LogP contribution is -2.02. The molecule has 0 aliphatic carbocycles. The van der Waals surface area contributed by atoms with Gasteiger partial charge in [-0.3, -0.25) is 4.79 Å². The molecule has 0 spiro atoms. The van der Waals surface area contributed by atoms with Crippen LogP contribution in [0.3, 0.4) is 0 Å². The summed E-state index contributed by atoms with van der Waals surface area (Å²) in [6.45, 7) is 0.735. The highest BCUT2D eigenvalue weighted by molar-refractivity contribution is 14.1. The van der Waals surface area contributed by atoms with Crippen LogP contribution < -0.4 is 5.32 Å². The number of hydrogen-bond acceptors (Lipinski definition) is 2. The highest BCUT2D eigenvalue weighted by Gasteiger charge is 2.17. The summed E-state index contributed by atoms with van der Waals surface area (Å²) in [6.07, 6.45) is 1.35. The molecular weight excluding hydrogens is 296 g/mol. The minimum absolute atomic E-state index is 0.0999. The Hall–Kier alpha value is -0.650. The topological polar surface area (TPSA) is 29.1 Å². The van der Waals surface area contributed by atoms with E-state index in [-0.39, 0.29) is 11.6 Å². The maximum atomic E-state index is 13.2. The molecule has 1 heterocycles. The maximum Gasteiger partial charge on any atom is 0.165 e. The van der Waals surface area contributed by atoms with Gasteiger partial charge in [0.25, 0.3) is 0 Å². The van der Waals surface area contributed by atoms with E-state index < -0.39 is 0 Å². The summed E-state index contributed by atoms with van der Waals surface area (Å²) in [5.41, 5.74) is 1.25. The van der Waals surface area contributed by atoms with Crippen LogP contribution in [0.1, 0.15) is 23.2 Å². The number of benzene rings is 1. The second-order valence-corrected chi connectivity index (χ2v) is 4.43. The molecule has 0 radical (unpaired) electrons. The van der Waals surface area contributed by atoms with Gasteiger partial charge in [0.05, 0.1) is 0 Å². The molecule has 0 saturated carbocycles. The summed E-state index contributed by atoms with van der Waals surface area (Å²) in [5, 5.41) is 3.06. The molecule has 0 unspecified atom stereocenters. The molecule has 2 rings (SSSR count). The summed E-state index contributed by atoms with van der Waals surface area (Å²) < 4.78 is 13.7. The van der Waals surface area contributed by atoms with Crippen molar-refractivity contribution < 1.29 is 9.18 Å². The van der Waals surface area contributed by atoms with Crippen LogP contribution in [0.15, 0.2) is 12.1 Å². The van der Waals surface area contributed by atoms with E-state index in [4.69, 9.17) is 0 Å². The number of carbonyl (C=O) groups is 1. The van der Waals surface area contributed by atoms with E-state index >= 15 is 0 Å². The fourth-order valence-electron chi connectivity index (χ4n) is 1.53. The van der Waals surface area contributed by atoms with E-state index in [2.05, 4.69) is 5.32 Å². The molecule has 1 aliphatic rings. The second kappa shape index (κ2) is 3.84.